The van der Waals surface area contributed by atoms with Crippen molar-refractivity contribution < 1.29 is 32.5 Å². The second-order valence-electron chi connectivity index (χ2n) is 9.06. The third kappa shape index (κ3) is 6.20. The SMILES string of the molecule is CCC[C@@H](CC)[N+]1(CC(=O)Nc2ccc(C)c(S(=O)(=O)N(C)[C@H](C)C(=O)O)c2)NCC(Cl)C(Cl)C1=O. The van der Waals surface area contributed by atoms with E-state index in [0.29, 0.717) is 18.4 Å². The number of carbonyl (C=O) groups is 3. The van der Waals surface area contributed by atoms with E-state index in [2.05, 4.69) is 10.7 Å². The van der Waals surface area contributed by atoms with E-state index in [-0.39, 0.29) is 40.2 Å². The Morgan fingerprint density at radius 3 is 2.50 bits per heavy atom. The smallest absolute Gasteiger partial charge is 0.352 e. The molecule has 1 aliphatic heterocycles. The van der Waals surface area contributed by atoms with Crippen LogP contribution in [-0.4, -0.2) is 83.2 Å². The Morgan fingerprint density at radius 1 is 1.31 bits per heavy atom. The Balaban J connectivity index is 2.37. The first-order valence-electron chi connectivity index (χ1n) is 11.8. The molecule has 0 aliphatic carbocycles. The summed E-state index contributed by atoms with van der Waals surface area (Å²) in [6.45, 7) is 6.77. The number of carbonyl (C=O) groups excluding carboxylic acids is 2. The van der Waals surface area contributed by atoms with E-state index in [4.69, 9.17) is 23.2 Å². The number of nitrogens with zero attached hydrogens (tertiary/aromatic N) is 2. The largest absolute Gasteiger partial charge is 0.480 e. The predicted molar refractivity (Wildman–Crippen MR) is 138 cm³/mol. The number of rotatable bonds is 11. The summed E-state index contributed by atoms with van der Waals surface area (Å²) in [6, 6.07) is 2.86. The summed E-state index contributed by atoms with van der Waals surface area (Å²) in [6.07, 6.45) is 2.10. The molecule has 1 saturated heterocycles. The van der Waals surface area contributed by atoms with Crippen LogP contribution < -0.4 is 10.7 Å². The van der Waals surface area contributed by atoms with Gasteiger partial charge in [0.05, 0.1) is 16.8 Å². The number of benzene rings is 1. The Labute approximate surface area is 222 Å². The first-order chi connectivity index (χ1) is 16.7. The summed E-state index contributed by atoms with van der Waals surface area (Å²) < 4.78 is 26.6. The number of carboxylic acid groups (broad SMARTS) is 1. The van der Waals surface area contributed by atoms with E-state index in [1.807, 2.05) is 13.8 Å². The van der Waals surface area contributed by atoms with E-state index in [1.165, 1.54) is 26.1 Å². The van der Waals surface area contributed by atoms with Crippen LogP contribution in [0.1, 0.15) is 45.6 Å². The molecule has 2 amide bonds. The summed E-state index contributed by atoms with van der Waals surface area (Å²) >= 11 is 12.5. The Bertz CT molecular complexity index is 1100. The van der Waals surface area contributed by atoms with Gasteiger partial charge in [-0.2, -0.15) is 14.3 Å². The first kappa shape index (κ1) is 30.5. The van der Waals surface area contributed by atoms with Gasteiger partial charge in [0.15, 0.2) is 11.9 Å². The number of hydrogen-bond donors (Lipinski definition) is 3. The molecule has 0 spiro atoms. The van der Waals surface area contributed by atoms with Crippen LogP contribution in [0.25, 0.3) is 0 Å². The molecule has 3 N–H and O–H groups in total. The number of halogens is 2. The van der Waals surface area contributed by atoms with Crippen molar-refractivity contribution >= 4 is 56.7 Å². The summed E-state index contributed by atoms with van der Waals surface area (Å²) in [5.74, 6) is -2.18. The number of nitrogens with one attached hydrogen (secondary N) is 2. The fourth-order valence-corrected chi connectivity index (χ4v) is 6.36. The molecule has 2 rings (SSSR count). The monoisotopic (exact) mass is 565 g/mol. The van der Waals surface area contributed by atoms with Crippen molar-refractivity contribution in [2.75, 3.05) is 25.5 Å². The molecule has 13 heteroatoms. The zero-order valence-corrected chi connectivity index (χ0v) is 23.5. The zero-order chi connectivity index (χ0) is 27.4. The minimum atomic E-state index is -4.16. The second-order valence-corrected chi connectivity index (χ2v) is 12.1. The molecule has 1 aromatic rings. The molecule has 202 valence electrons. The first-order valence-corrected chi connectivity index (χ1v) is 14.1. The number of quaternary nitrogens is 1. The number of alkyl halides is 2. The van der Waals surface area contributed by atoms with Crippen LogP contribution in [0.15, 0.2) is 23.1 Å². The van der Waals surface area contributed by atoms with Gasteiger partial charge in [0.2, 0.25) is 10.0 Å². The average Bonchev–Trinajstić information content (AvgIpc) is 2.83. The normalized spacial score (nSPS) is 24.4. The quantitative estimate of drug-likeness (QED) is 0.277. The van der Waals surface area contributed by atoms with Gasteiger partial charge < -0.3 is 10.4 Å². The van der Waals surface area contributed by atoms with Crippen molar-refractivity contribution in [1.82, 2.24) is 9.73 Å². The van der Waals surface area contributed by atoms with Gasteiger partial charge >= 0.3 is 11.9 Å². The van der Waals surface area contributed by atoms with Crippen LogP contribution in [0.5, 0.6) is 0 Å². The third-order valence-electron chi connectivity index (χ3n) is 6.66. The van der Waals surface area contributed by atoms with Crippen LogP contribution >= 0.6 is 23.2 Å². The minimum Gasteiger partial charge on any atom is -0.480 e. The predicted octanol–water partition coefficient (Wildman–Crippen LogP) is 2.68. The van der Waals surface area contributed by atoms with Crippen LogP contribution in [0.4, 0.5) is 5.69 Å². The van der Waals surface area contributed by atoms with Gasteiger partial charge in [0.1, 0.15) is 12.1 Å². The molecular weight excluding hydrogens is 531 g/mol. The van der Waals surface area contributed by atoms with E-state index < -0.39 is 38.7 Å². The molecular formula is C23H35Cl2N4O6S+. The number of aryl methyl sites for hydroxylation is 1. The van der Waals surface area contributed by atoms with Crippen molar-refractivity contribution in [2.24, 2.45) is 0 Å². The van der Waals surface area contributed by atoms with Crippen molar-refractivity contribution in [3.8, 4) is 0 Å². The van der Waals surface area contributed by atoms with E-state index >= 15 is 0 Å². The molecule has 3 unspecified atom stereocenters. The highest BCUT2D eigenvalue weighted by Gasteiger charge is 2.53. The van der Waals surface area contributed by atoms with Gasteiger partial charge in [0, 0.05) is 19.2 Å². The summed E-state index contributed by atoms with van der Waals surface area (Å²) in [5.41, 5.74) is 3.74. The molecule has 1 heterocycles. The van der Waals surface area contributed by atoms with Crippen LogP contribution in [-0.2, 0) is 24.4 Å². The Kier molecular flexibility index (Phi) is 10.3. The number of aliphatic carboxylic acids is 1. The van der Waals surface area contributed by atoms with Gasteiger partial charge in [-0.15, -0.1) is 23.2 Å². The van der Waals surface area contributed by atoms with Crippen molar-refractivity contribution in [2.45, 2.75) is 74.7 Å². The lowest BCUT2D eigenvalue weighted by molar-refractivity contribution is -0.918. The fraction of sp³-hybridized carbons (Fsp3) is 0.609. The van der Waals surface area contributed by atoms with Gasteiger partial charge in [-0.05, 0) is 38.0 Å². The molecule has 0 bridgehead atoms. The molecule has 10 nitrogen and oxygen atoms in total. The molecule has 0 saturated carbocycles. The highest BCUT2D eigenvalue weighted by molar-refractivity contribution is 7.89. The minimum absolute atomic E-state index is 0.129. The lowest BCUT2D eigenvalue weighted by Crippen LogP contribution is -2.75. The van der Waals surface area contributed by atoms with Crippen LogP contribution in [0.3, 0.4) is 0 Å². The number of hydrogen-bond acceptors (Lipinski definition) is 6. The summed E-state index contributed by atoms with van der Waals surface area (Å²) in [5, 5.41) is 10.3. The summed E-state index contributed by atoms with van der Waals surface area (Å²) in [7, 11) is -2.97. The molecule has 0 aromatic heterocycles. The van der Waals surface area contributed by atoms with Crippen LogP contribution in [0, 0.1) is 6.92 Å². The fourth-order valence-electron chi connectivity index (χ4n) is 4.35. The van der Waals surface area contributed by atoms with Gasteiger partial charge in [-0.3, -0.25) is 9.59 Å². The lowest BCUT2D eigenvalue weighted by Gasteiger charge is -2.45. The number of carboxylic acids is 1. The highest BCUT2D eigenvalue weighted by Crippen LogP contribution is 2.29. The number of amides is 2. The Hall–Kier alpha value is -1.76. The van der Waals surface area contributed by atoms with Crippen molar-refractivity contribution in [1.29, 1.82) is 0 Å². The molecule has 36 heavy (non-hydrogen) atoms. The molecule has 1 aliphatic rings. The average molecular weight is 567 g/mol. The van der Waals surface area contributed by atoms with Gasteiger partial charge in [0.25, 0.3) is 5.91 Å². The highest BCUT2D eigenvalue weighted by atomic mass is 35.5. The Morgan fingerprint density at radius 2 is 1.94 bits per heavy atom. The second kappa shape index (κ2) is 12.2. The van der Waals surface area contributed by atoms with Crippen molar-refractivity contribution in [3.05, 3.63) is 23.8 Å². The number of likely N-dealkylation sites (N-methyl/N-ethyl adjacent to an activating group) is 1. The van der Waals surface area contributed by atoms with Gasteiger partial charge in [-0.25, -0.2) is 13.2 Å². The standard InChI is InChI=1S/C23H34Cl2N4O6S/c1-6-8-17(7-2)29(22(31)21(25)18(24)12-26-29)13-20(30)27-16-10-9-14(3)19(11-16)36(34,35)28(5)15(4)23(32)33/h9-11,15,17-18,21,26H,6-8,12-13H2,1-5H3,(H-,27,30,32,33)/p+1/t15-,17-,18?,21?,29?/m1/s1. The maximum atomic E-state index is 13.3. The molecule has 0 radical (unpaired) electrons. The zero-order valence-electron chi connectivity index (χ0n) is 21.1. The molecule has 1 fully saturated rings. The summed E-state index contributed by atoms with van der Waals surface area (Å²) in [4.78, 5) is 37.7. The topological polar surface area (TPSA) is 133 Å². The van der Waals surface area contributed by atoms with Gasteiger partial charge in [-0.1, -0.05) is 26.3 Å². The maximum Gasteiger partial charge on any atom is 0.352 e. The van der Waals surface area contributed by atoms with E-state index in [1.54, 1.807) is 13.0 Å². The molecule has 1 aromatic carbocycles. The number of sulfonamides is 1. The third-order valence-corrected chi connectivity index (χ3v) is 9.75. The van der Waals surface area contributed by atoms with Crippen LogP contribution in [0.2, 0.25) is 0 Å². The van der Waals surface area contributed by atoms with Crippen molar-refractivity contribution in [3.63, 3.8) is 0 Å². The number of anilines is 1. The molecule has 5 atom stereocenters. The van der Waals surface area contributed by atoms with E-state index in [9.17, 15) is 27.9 Å². The lowest BCUT2D eigenvalue weighted by atomic mass is 10.0. The maximum absolute atomic E-state index is 13.3. The van der Waals surface area contributed by atoms with E-state index in [0.717, 1.165) is 10.7 Å².